The van der Waals surface area contributed by atoms with Crippen LogP contribution in [0.5, 0.6) is 0 Å². The molecule has 16 heavy (non-hydrogen) atoms. The number of hydrogen-bond donors (Lipinski definition) is 0. The number of ketones is 1. The SMILES string of the molecule is Cc1ccccc1CC(=O)C1CCCC1C. The lowest BCUT2D eigenvalue weighted by Gasteiger charge is -2.14. The summed E-state index contributed by atoms with van der Waals surface area (Å²) in [6.45, 7) is 4.30. The maximum absolute atomic E-state index is 12.2. The molecular weight excluding hydrogens is 196 g/mol. The van der Waals surface area contributed by atoms with E-state index in [9.17, 15) is 4.79 Å². The van der Waals surface area contributed by atoms with E-state index in [0.717, 1.165) is 6.42 Å². The minimum absolute atomic E-state index is 0.319. The van der Waals surface area contributed by atoms with Gasteiger partial charge in [-0.2, -0.15) is 0 Å². The van der Waals surface area contributed by atoms with E-state index in [2.05, 4.69) is 26.0 Å². The van der Waals surface area contributed by atoms with Gasteiger partial charge in [-0.15, -0.1) is 0 Å². The number of benzene rings is 1. The lowest BCUT2D eigenvalue weighted by atomic mass is 9.89. The number of carbonyl (C=O) groups is 1. The lowest BCUT2D eigenvalue weighted by molar-refractivity contribution is -0.123. The Morgan fingerprint density at radius 2 is 2.06 bits per heavy atom. The first kappa shape index (κ1) is 11.4. The first-order valence-corrected chi connectivity index (χ1v) is 6.25. The summed E-state index contributed by atoms with van der Waals surface area (Å²) in [5, 5.41) is 0. The van der Waals surface area contributed by atoms with Gasteiger partial charge in [-0.3, -0.25) is 4.79 Å². The van der Waals surface area contributed by atoms with Crippen molar-refractivity contribution in [2.75, 3.05) is 0 Å². The van der Waals surface area contributed by atoms with Gasteiger partial charge < -0.3 is 0 Å². The zero-order chi connectivity index (χ0) is 11.5. The van der Waals surface area contributed by atoms with Gasteiger partial charge in [0.05, 0.1) is 0 Å². The highest BCUT2D eigenvalue weighted by Gasteiger charge is 2.29. The maximum atomic E-state index is 12.2. The molecule has 1 aliphatic rings. The smallest absolute Gasteiger partial charge is 0.140 e. The Hall–Kier alpha value is -1.11. The van der Waals surface area contributed by atoms with Gasteiger partial charge >= 0.3 is 0 Å². The molecule has 0 aromatic heterocycles. The van der Waals surface area contributed by atoms with Crippen molar-refractivity contribution in [3.05, 3.63) is 35.4 Å². The Bertz CT molecular complexity index is 381. The summed E-state index contributed by atoms with van der Waals surface area (Å²) >= 11 is 0. The highest BCUT2D eigenvalue weighted by molar-refractivity contribution is 5.84. The molecule has 2 unspecified atom stereocenters. The van der Waals surface area contributed by atoms with Gasteiger partial charge in [-0.05, 0) is 36.8 Å². The standard InChI is InChI=1S/C15H20O/c1-11-6-3-4-8-13(11)10-15(16)14-9-5-7-12(14)2/h3-4,6,8,12,14H,5,7,9-10H2,1-2H3. The van der Waals surface area contributed by atoms with E-state index in [-0.39, 0.29) is 0 Å². The Morgan fingerprint density at radius 1 is 1.31 bits per heavy atom. The fourth-order valence-corrected chi connectivity index (χ4v) is 2.75. The Morgan fingerprint density at radius 3 is 2.69 bits per heavy atom. The van der Waals surface area contributed by atoms with Crippen LogP contribution < -0.4 is 0 Å². The van der Waals surface area contributed by atoms with E-state index in [1.807, 2.05) is 12.1 Å². The molecule has 0 N–H and O–H groups in total. The van der Waals surface area contributed by atoms with Gasteiger partial charge in [0.15, 0.2) is 0 Å². The summed E-state index contributed by atoms with van der Waals surface area (Å²) in [4.78, 5) is 12.2. The van der Waals surface area contributed by atoms with Crippen molar-refractivity contribution in [2.45, 2.75) is 39.5 Å². The number of aryl methyl sites for hydroxylation is 1. The summed E-state index contributed by atoms with van der Waals surface area (Å²) in [6.07, 6.45) is 4.18. The fourth-order valence-electron chi connectivity index (χ4n) is 2.75. The highest BCUT2D eigenvalue weighted by atomic mass is 16.1. The van der Waals surface area contributed by atoms with Crippen molar-refractivity contribution < 1.29 is 4.79 Å². The molecule has 0 saturated heterocycles. The van der Waals surface area contributed by atoms with Gasteiger partial charge in [-0.25, -0.2) is 0 Å². The zero-order valence-electron chi connectivity index (χ0n) is 10.2. The van der Waals surface area contributed by atoms with Gasteiger partial charge in [0.2, 0.25) is 0 Å². The second-order valence-electron chi connectivity index (χ2n) is 5.08. The quantitative estimate of drug-likeness (QED) is 0.755. The molecule has 1 heteroatoms. The van der Waals surface area contributed by atoms with Crippen LogP contribution in [0.2, 0.25) is 0 Å². The summed E-state index contributed by atoms with van der Waals surface area (Å²) < 4.78 is 0. The molecule has 0 amide bonds. The van der Waals surface area contributed by atoms with Crippen molar-refractivity contribution in [2.24, 2.45) is 11.8 Å². The van der Waals surface area contributed by atoms with Crippen LogP contribution in [0.15, 0.2) is 24.3 Å². The summed E-state index contributed by atoms with van der Waals surface area (Å²) in [6, 6.07) is 8.21. The minimum Gasteiger partial charge on any atom is -0.299 e. The summed E-state index contributed by atoms with van der Waals surface area (Å²) in [7, 11) is 0. The molecule has 0 spiro atoms. The molecule has 1 aliphatic carbocycles. The van der Waals surface area contributed by atoms with Crippen molar-refractivity contribution >= 4 is 5.78 Å². The van der Waals surface area contributed by atoms with E-state index in [1.54, 1.807) is 0 Å². The van der Waals surface area contributed by atoms with Gasteiger partial charge in [0, 0.05) is 12.3 Å². The maximum Gasteiger partial charge on any atom is 0.140 e. The van der Waals surface area contributed by atoms with Crippen LogP contribution in [-0.2, 0) is 11.2 Å². The number of Topliss-reactive ketones (excluding diaryl/α,β-unsaturated/α-hetero) is 1. The van der Waals surface area contributed by atoms with Gasteiger partial charge in [-0.1, -0.05) is 37.6 Å². The first-order chi connectivity index (χ1) is 7.68. The molecule has 0 bridgehead atoms. The largest absolute Gasteiger partial charge is 0.299 e. The van der Waals surface area contributed by atoms with Crippen molar-refractivity contribution in [3.8, 4) is 0 Å². The molecule has 0 aliphatic heterocycles. The molecule has 1 fully saturated rings. The summed E-state index contributed by atoms with van der Waals surface area (Å²) in [5.74, 6) is 1.36. The van der Waals surface area contributed by atoms with E-state index in [1.165, 1.54) is 24.0 Å². The normalized spacial score (nSPS) is 24.6. The fraction of sp³-hybridized carbons (Fsp3) is 0.533. The average molecular weight is 216 g/mol. The predicted octanol–water partition coefficient (Wildman–Crippen LogP) is 3.54. The zero-order valence-corrected chi connectivity index (χ0v) is 10.2. The second kappa shape index (κ2) is 4.82. The number of carbonyl (C=O) groups excluding carboxylic acids is 1. The Kier molecular flexibility index (Phi) is 3.42. The van der Waals surface area contributed by atoms with E-state index in [0.29, 0.717) is 24.0 Å². The Labute approximate surface area is 97.9 Å². The third-order valence-electron chi connectivity index (χ3n) is 3.90. The summed E-state index contributed by atoms with van der Waals surface area (Å²) in [5.41, 5.74) is 2.44. The molecule has 86 valence electrons. The minimum atomic E-state index is 0.319. The topological polar surface area (TPSA) is 17.1 Å². The van der Waals surface area contributed by atoms with Crippen LogP contribution in [0.3, 0.4) is 0 Å². The van der Waals surface area contributed by atoms with E-state index < -0.39 is 0 Å². The molecule has 0 radical (unpaired) electrons. The third kappa shape index (κ3) is 2.34. The Balaban J connectivity index is 2.05. The highest BCUT2D eigenvalue weighted by Crippen LogP contribution is 2.32. The van der Waals surface area contributed by atoms with Crippen LogP contribution in [0, 0.1) is 18.8 Å². The molecule has 1 saturated carbocycles. The van der Waals surface area contributed by atoms with Crippen LogP contribution in [-0.4, -0.2) is 5.78 Å². The molecule has 2 rings (SSSR count). The molecular formula is C15H20O. The van der Waals surface area contributed by atoms with Gasteiger partial charge in [0.1, 0.15) is 5.78 Å². The lowest BCUT2D eigenvalue weighted by Crippen LogP contribution is -2.19. The number of hydrogen-bond acceptors (Lipinski definition) is 1. The van der Waals surface area contributed by atoms with Crippen molar-refractivity contribution in [1.82, 2.24) is 0 Å². The predicted molar refractivity (Wildman–Crippen MR) is 66.4 cm³/mol. The van der Waals surface area contributed by atoms with Crippen molar-refractivity contribution in [1.29, 1.82) is 0 Å². The molecule has 1 nitrogen and oxygen atoms in total. The van der Waals surface area contributed by atoms with Crippen LogP contribution in [0.4, 0.5) is 0 Å². The molecule has 2 atom stereocenters. The van der Waals surface area contributed by atoms with Crippen LogP contribution in [0.1, 0.15) is 37.3 Å². The van der Waals surface area contributed by atoms with Crippen molar-refractivity contribution in [3.63, 3.8) is 0 Å². The molecule has 1 aromatic rings. The average Bonchev–Trinajstić information content (AvgIpc) is 2.68. The third-order valence-corrected chi connectivity index (χ3v) is 3.90. The van der Waals surface area contributed by atoms with E-state index in [4.69, 9.17) is 0 Å². The molecule has 0 heterocycles. The van der Waals surface area contributed by atoms with E-state index >= 15 is 0 Å². The number of rotatable bonds is 3. The van der Waals surface area contributed by atoms with Crippen LogP contribution in [0.25, 0.3) is 0 Å². The monoisotopic (exact) mass is 216 g/mol. The molecule has 1 aromatic carbocycles. The van der Waals surface area contributed by atoms with Gasteiger partial charge in [0.25, 0.3) is 0 Å². The van der Waals surface area contributed by atoms with Crippen LogP contribution >= 0.6 is 0 Å². The second-order valence-corrected chi connectivity index (χ2v) is 5.08. The first-order valence-electron chi connectivity index (χ1n) is 6.25.